The van der Waals surface area contributed by atoms with Crippen molar-refractivity contribution >= 4 is 28.1 Å². The molecule has 0 unspecified atom stereocenters. The molecule has 80 valence electrons. The third kappa shape index (κ3) is 1.30. The van der Waals surface area contributed by atoms with Crippen molar-refractivity contribution < 1.29 is 13.9 Å². The molecule has 0 saturated heterocycles. The minimum atomic E-state index is -2.95. The fourth-order valence-corrected chi connectivity index (χ4v) is 3.00. The molecule has 3 rings (SSSR count). The summed E-state index contributed by atoms with van der Waals surface area (Å²) in [6.07, 6.45) is 1.29. The van der Waals surface area contributed by atoms with Gasteiger partial charge in [0.1, 0.15) is 0 Å². The Hall–Kier alpha value is -1.24. The fraction of sp³-hybridized carbons (Fsp3) is 0.222. The van der Waals surface area contributed by atoms with Crippen molar-refractivity contribution in [3.63, 3.8) is 0 Å². The number of rotatable bonds is 0. The van der Waals surface area contributed by atoms with E-state index in [1.807, 2.05) is 6.07 Å². The van der Waals surface area contributed by atoms with Gasteiger partial charge >= 0.3 is 0 Å². The van der Waals surface area contributed by atoms with Gasteiger partial charge in [-0.05, 0) is 35.1 Å². The number of carbonyl (C=O) groups excluding carboxylic acids is 1. The standard InChI is InChI=1S/C9H10N2O3S/c12-9-2-1-5-3-7-8(4-6(5)9)11-15(13,14)10-7/h3-4,10-11,13-14H,1-2H2. The van der Waals surface area contributed by atoms with E-state index >= 15 is 0 Å². The molecule has 0 atom stereocenters. The van der Waals surface area contributed by atoms with E-state index in [9.17, 15) is 13.9 Å². The van der Waals surface area contributed by atoms with Crippen molar-refractivity contribution in [2.45, 2.75) is 12.8 Å². The first-order valence-electron chi connectivity index (χ1n) is 4.59. The molecule has 0 saturated carbocycles. The van der Waals surface area contributed by atoms with E-state index in [2.05, 4.69) is 9.44 Å². The number of Topliss-reactive ketones (excluding diaryl/α,β-unsaturated/α-hetero) is 1. The van der Waals surface area contributed by atoms with Crippen LogP contribution in [0.3, 0.4) is 0 Å². The Kier molecular flexibility index (Phi) is 1.60. The lowest BCUT2D eigenvalue weighted by molar-refractivity contribution is 0.0994. The number of carbonyl (C=O) groups is 1. The molecule has 15 heavy (non-hydrogen) atoms. The minimum absolute atomic E-state index is 0.123. The normalized spacial score (nSPS) is 22.7. The van der Waals surface area contributed by atoms with Gasteiger partial charge in [0.15, 0.2) is 5.78 Å². The van der Waals surface area contributed by atoms with Crippen molar-refractivity contribution in [3.05, 3.63) is 23.3 Å². The molecule has 4 N–H and O–H groups in total. The summed E-state index contributed by atoms with van der Waals surface area (Å²) in [4.78, 5) is 11.5. The van der Waals surface area contributed by atoms with Gasteiger partial charge in [-0.25, -0.2) is 0 Å². The summed E-state index contributed by atoms with van der Waals surface area (Å²) < 4.78 is 23.9. The predicted molar refractivity (Wildman–Crippen MR) is 59.2 cm³/mol. The Morgan fingerprint density at radius 2 is 1.80 bits per heavy atom. The van der Waals surface area contributed by atoms with Gasteiger partial charge in [0.2, 0.25) is 0 Å². The van der Waals surface area contributed by atoms with Crippen LogP contribution in [0.2, 0.25) is 0 Å². The number of aryl methyl sites for hydroxylation is 1. The molecule has 1 aromatic carbocycles. The number of benzene rings is 1. The van der Waals surface area contributed by atoms with Crippen LogP contribution < -0.4 is 9.44 Å². The van der Waals surface area contributed by atoms with Gasteiger partial charge in [-0.1, -0.05) is 0 Å². The smallest absolute Gasteiger partial charge is 0.163 e. The van der Waals surface area contributed by atoms with Crippen LogP contribution in [0.25, 0.3) is 0 Å². The molecule has 0 bridgehead atoms. The second-order valence-corrected chi connectivity index (χ2v) is 5.24. The second-order valence-electron chi connectivity index (χ2n) is 3.73. The first-order chi connectivity index (χ1) is 7.05. The number of fused-ring (bicyclic) bond motifs is 2. The van der Waals surface area contributed by atoms with Crippen LogP contribution in [-0.4, -0.2) is 14.9 Å². The predicted octanol–water partition coefficient (Wildman–Crippen LogP) is 2.23. The topological polar surface area (TPSA) is 81.6 Å². The molecule has 1 heterocycles. The highest BCUT2D eigenvalue weighted by Crippen LogP contribution is 2.50. The first-order valence-corrected chi connectivity index (χ1v) is 6.14. The molecule has 0 fully saturated rings. The third-order valence-electron chi connectivity index (χ3n) is 2.67. The van der Waals surface area contributed by atoms with Gasteiger partial charge in [0, 0.05) is 12.0 Å². The van der Waals surface area contributed by atoms with E-state index in [0.717, 1.165) is 12.0 Å². The highest BCUT2D eigenvalue weighted by atomic mass is 32.3. The lowest BCUT2D eigenvalue weighted by Gasteiger charge is -2.26. The van der Waals surface area contributed by atoms with Crippen LogP contribution in [-0.2, 0) is 6.42 Å². The molecule has 2 aliphatic rings. The van der Waals surface area contributed by atoms with Crippen LogP contribution in [0.1, 0.15) is 22.3 Å². The molecule has 0 aromatic heterocycles. The number of nitrogens with one attached hydrogen (secondary N) is 2. The fourth-order valence-electron chi connectivity index (χ4n) is 1.99. The van der Waals surface area contributed by atoms with Crippen LogP contribution in [0.15, 0.2) is 12.1 Å². The van der Waals surface area contributed by atoms with E-state index in [1.54, 1.807) is 6.07 Å². The zero-order valence-electron chi connectivity index (χ0n) is 7.78. The summed E-state index contributed by atoms with van der Waals surface area (Å²) in [5.41, 5.74) is 2.91. The molecule has 1 aromatic rings. The van der Waals surface area contributed by atoms with Gasteiger partial charge in [0.05, 0.1) is 11.4 Å². The van der Waals surface area contributed by atoms with Crippen molar-refractivity contribution in [1.29, 1.82) is 0 Å². The van der Waals surface area contributed by atoms with Gasteiger partial charge in [-0.15, -0.1) is 0 Å². The maximum atomic E-state index is 11.5. The van der Waals surface area contributed by atoms with Crippen molar-refractivity contribution in [2.24, 2.45) is 0 Å². The molecule has 0 amide bonds. The summed E-state index contributed by atoms with van der Waals surface area (Å²) in [6.45, 7) is 0. The van der Waals surface area contributed by atoms with E-state index in [-0.39, 0.29) is 5.78 Å². The SMILES string of the molecule is O=C1CCc2cc3c(cc21)NS(O)(O)N3. The van der Waals surface area contributed by atoms with Crippen molar-refractivity contribution in [3.8, 4) is 0 Å². The highest BCUT2D eigenvalue weighted by Gasteiger charge is 2.28. The maximum Gasteiger partial charge on any atom is 0.163 e. The molecule has 1 aliphatic carbocycles. The Bertz CT molecular complexity index is 473. The summed E-state index contributed by atoms with van der Waals surface area (Å²) in [5.74, 6) is 0.123. The number of hydrogen-bond acceptors (Lipinski definition) is 5. The molecular formula is C9H10N2O3S. The monoisotopic (exact) mass is 226 g/mol. The van der Waals surface area contributed by atoms with Gasteiger partial charge in [-0.3, -0.25) is 23.3 Å². The second kappa shape index (κ2) is 2.66. The van der Waals surface area contributed by atoms with Crippen LogP contribution in [0.4, 0.5) is 11.4 Å². The van der Waals surface area contributed by atoms with E-state index in [1.165, 1.54) is 0 Å². The quantitative estimate of drug-likeness (QED) is 0.545. The molecule has 1 aliphatic heterocycles. The molecule has 5 nitrogen and oxygen atoms in total. The largest absolute Gasteiger partial charge is 0.294 e. The van der Waals surface area contributed by atoms with E-state index < -0.39 is 11.0 Å². The average Bonchev–Trinajstić information content (AvgIpc) is 2.62. The van der Waals surface area contributed by atoms with Crippen LogP contribution >= 0.6 is 11.0 Å². The van der Waals surface area contributed by atoms with Crippen LogP contribution in [0, 0.1) is 0 Å². The first kappa shape index (κ1) is 9.02. The lowest BCUT2D eigenvalue weighted by atomic mass is 10.1. The Balaban J connectivity index is 2.12. The number of hydrogen-bond donors (Lipinski definition) is 4. The lowest BCUT2D eigenvalue weighted by Crippen LogP contribution is -2.08. The summed E-state index contributed by atoms with van der Waals surface area (Å²) >= 11 is 0. The summed E-state index contributed by atoms with van der Waals surface area (Å²) in [6, 6.07) is 3.50. The highest BCUT2D eigenvalue weighted by molar-refractivity contribution is 8.26. The maximum absolute atomic E-state index is 11.5. The Labute approximate surface area is 88.1 Å². The Morgan fingerprint density at radius 1 is 1.13 bits per heavy atom. The summed E-state index contributed by atoms with van der Waals surface area (Å²) in [5, 5.41) is 0. The molecule has 0 radical (unpaired) electrons. The third-order valence-corrected chi connectivity index (χ3v) is 3.68. The van der Waals surface area contributed by atoms with Gasteiger partial charge < -0.3 is 0 Å². The molecular weight excluding hydrogens is 216 g/mol. The van der Waals surface area contributed by atoms with Crippen LogP contribution in [0.5, 0.6) is 0 Å². The van der Waals surface area contributed by atoms with E-state index in [0.29, 0.717) is 23.4 Å². The van der Waals surface area contributed by atoms with Gasteiger partial charge in [-0.2, -0.15) is 0 Å². The average molecular weight is 226 g/mol. The Morgan fingerprint density at radius 3 is 2.53 bits per heavy atom. The minimum Gasteiger partial charge on any atom is -0.294 e. The zero-order chi connectivity index (χ0) is 10.6. The van der Waals surface area contributed by atoms with E-state index in [4.69, 9.17) is 0 Å². The number of anilines is 2. The van der Waals surface area contributed by atoms with Gasteiger partial charge in [0.25, 0.3) is 0 Å². The summed E-state index contributed by atoms with van der Waals surface area (Å²) in [7, 11) is -2.95. The van der Waals surface area contributed by atoms with Crippen molar-refractivity contribution in [2.75, 3.05) is 9.44 Å². The number of ketones is 1. The molecule has 0 spiro atoms. The molecule has 6 heteroatoms. The zero-order valence-corrected chi connectivity index (χ0v) is 8.60. The van der Waals surface area contributed by atoms with Crippen molar-refractivity contribution in [1.82, 2.24) is 0 Å².